The molecule has 1 N–H and O–H groups in total. The molecule has 0 radical (unpaired) electrons. The fourth-order valence-corrected chi connectivity index (χ4v) is 3.08. The van der Waals surface area contributed by atoms with Crippen LogP contribution in [-0.2, 0) is 10.2 Å². The highest BCUT2D eigenvalue weighted by atomic mass is 16.6. The van der Waals surface area contributed by atoms with E-state index in [4.69, 9.17) is 9.90 Å². The van der Waals surface area contributed by atoms with E-state index in [-0.39, 0.29) is 16.8 Å². The third kappa shape index (κ3) is 4.40. The number of azo groups is 1. The van der Waals surface area contributed by atoms with Crippen molar-refractivity contribution in [3.63, 3.8) is 0 Å². The number of para-hydroxylation sites is 2. The number of fused-ring (bicyclic) bond motifs is 1. The first kappa shape index (κ1) is 20.8. The van der Waals surface area contributed by atoms with Gasteiger partial charge in [-0.15, -0.1) is 5.11 Å². The first-order valence-corrected chi connectivity index (χ1v) is 8.54. The molecule has 0 aromatic heterocycles. The molecule has 0 atom stereocenters. The molecule has 3 rings (SSSR count). The quantitative estimate of drug-likeness (QED) is 0.454. The number of hydrogen-bond acceptors (Lipinski definition) is 6. The van der Waals surface area contributed by atoms with E-state index in [0.717, 1.165) is 18.3 Å². The summed E-state index contributed by atoms with van der Waals surface area (Å²) in [6.45, 7) is 5.34. The fraction of sp³-hybridized carbons (Fsp3) is 0.250. The number of anilines is 1. The van der Waals surface area contributed by atoms with E-state index in [1.165, 1.54) is 11.6 Å². The number of carboxylic acids is 1. The van der Waals surface area contributed by atoms with Crippen LogP contribution in [0.25, 0.3) is 0 Å². The summed E-state index contributed by atoms with van der Waals surface area (Å²) in [4.78, 5) is 21.6. The van der Waals surface area contributed by atoms with Crippen LogP contribution in [0.1, 0.15) is 26.3 Å². The second-order valence-corrected chi connectivity index (χ2v) is 6.70. The van der Waals surface area contributed by atoms with Crippen molar-refractivity contribution in [1.82, 2.24) is 0 Å². The highest BCUT2D eigenvalue weighted by molar-refractivity contribution is 5.69. The minimum atomic E-state index is -0.833. The first-order chi connectivity index (χ1) is 13.2. The van der Waals surface area contributed by atoms with Crippen molar-refractivity contribution in [3.05, 3.63) is 76.1 Å². The van der Waals surface area contributed by atoms with Crippen LogP contribution in [0, 0.1) is 10.1 Å². The molecule has 146 valence electrons. The van der Waals surface area contributed by atoms with Crippen LogP contribution in [0.2, 0.25) is 0 Å². The Morgan fingerprint density at radius 3 is 2.36 bits per heavy atom. The van der Waals surface area contributed by atoms with E-state index in [1.54, 1.807) is 24.4 Å². The van der Waals surface area contributed by atoms with Gasteiger partial charge in [0.05, 0.1) is 11.1 Å². The molecule has 0 fully saturated rings. The summed E-state index contributed by atoms with van der Waals surface area (Å²) in [6, 6.07) is 14.5. The molecule has 0 bridgehead atoms. The molecule has 0 aliphatic carbocycles. The van der Waals surface area contributed by atoms with Gasteiger partial charge in [0.15, 0.2) is 5.69 Å². The number of carboxylic acid groups (broad SMARTS) is 1. The van der Waals surface area contributed by atoms with Crippen molar-refractivity contribution in [2.75, 3.05) is 11.9 Å². The zero-order valence-corrected chi connectivity index (χ0v) is 16.2. The van der Waals surface area contributed by atoms with Crippen LogP contribution < -0.4 is 4.90 Å². The highest BCUT2D eigenvalue weighted by Crippen LogP contribution is 2.46. The van der Waals surface area contributed by atoms with Crippen molar-refractivity contribution >= 4 is 23.0 Å². The zero-order chi connectivity index (χ0) is 20.9. The molecule has 0 amide bonds. The van der Waals surface area contributed by atoms with Crippen LogP contribution in [-0.4, -0.2) is 23.0 Å². The maximum atomic E-state index is 11.0. The normalized spacial score (nSPS) is 15.9. The Bertz CT molecular complexity index is 947. The molecule has 8 heteroatoms. The Morgan fingerprint density at radius 1 is 1.18 bits per heavy atom. The van der Waals surface area contributed by atoms with Crippen LogP contribution in [0.4, 0.5) is 17.1 Å². The van der Waals surface area contributed by atoms with Crippen molar-refractivity contribution in [2.45, 2.75) is 26.2 Å². The maximum absolute atomic E-state index is 11.0. The summed E-state index contributed by atoms with van der Waals surface area (Å²) in [7, 11) is 1.99. The number of hydrogen-bond donors (Lipinski definition) is 1. The Kier molecular flexibility index (Phi) is 6.25. The van der Waals surface area contributed by atoms with E-state index >= 15 is 0 Å². The van der Waals surface area contributed by atoms with Gasteiger partial charge in [0.1, 0.15) is 0 Å². The minimum absolute atomic E-state index is 0.0537. The predicted octanol–water partition coefficient (Wildman–Crippen LogP) is 5.04. The van der Waals surface area contributed by atoms with Crippen LogP contribution in [0.5, 0.6) is 0 Å². The van der Waals surface area contributed by atoms with Gasteiger partial charge in [0.25, 0.3) is 11.7 Å². The Balaban J connectivity index is 0.000000640. The third-order valence-corrected chi connectivity index (χ3v) is 4.36. The van der Waals surface area contributed by atoms with Crippen molar-refractivity contribution in [2.24, 2.45) is 10.2 Å². The number of aliphatic carboxylic acids is 1. The van der Waals surface area contributed by atoms with Gasteiger partial charge in [-0.1, -0.05) is 44.2 Å². The average molecular weight is 382 g/mol. The standard InChI is InChI=1S/C18H18N4O2.C2H4O2/c1-18(2)13-8-4-6-10-15(13)21(3)17(18)12-19-20-14-9-5-7-11-16(14)22(23)24;1-2(3)4/h4-12H,1-3H3;1H3,(H,3,4). The zero-order valence-electron chi connectivity index (χ0n) is 16.2. The smallest absolute Gasteiger partial charge is 0.300 e. The Morgan fingerprint density at radius 2 is 1.75 bits per heavy atom. The summed E-state index contributed by atoms with van der Waals surface area (Å²) in [5.74, 6) is -0.833. The van der Waals surface area contributed by atoms with Gasteiger partial charge in [0.2, 0.25) is 0 Å². The molecular weight excluding hydrogens is 360 g/mol. The monoisotopic (exact) mass is 382 g/mol. The molecule has 8 nitrogen and oxygen atoms in total. The number of allylic oxidation sites excluding steroid dienone is 1. The van der Waals surface area contributed by atoms with Gasteiger partial charge in [-0.25, -0.2) is 0 Å². The molecule has 0 unspecified atom stereocenters. The summed E-state index contributed by atoms with van der Waals surface area (Å²) in [5.41, 5.74) is 3.34. The second-order valence-electron chi connectivity index (χ2n) is 6.70. The molecule has 0 spiro atoms. The van der Waals surface area contributed by atoms with Crippen molar-refractivity contribution in [3.8, 4) is 0 Å². The SMILES string of the molecule is CC(=O)O.CN1C(=CN=Nc2ccccc2[N+](=O)[O-])C(C)(C)c2ccccc21. The second kappa shape index (κ2) is 8.43. The van der Waals surface area contributed by atoms with Crippen LogP contribution >= 0.6 is 0 Å². The van der Waals surface area contributed by atoms with Gasteiger partial charge in [-0.3, -0.25) is 14.9 Å². The number of benzene rings is 2. The maximum Gasteiger partial charge on any atom is 0.300 e. The van der Waals surface area contributed by atoms with Gasteiger partial charge in [0, 0.05) is 36.8 Å². The average Bonchev–Trinajstić information content (AvgIpc) is 2.82. The van der Waals surface area contributed by atoms with Crippen molar-refractivity contribution < 1.29 is 14.8 Å². The van der Waals surface area contributed by atoms with Crippen molar-refractivity contribution in [1.29, 1.82) is 0 Å². The molecule has 0 saturated heterocycles. The van der Waals surface area contributed by atoms with E-state index < -0.39 is 10.9 Å². The summed E-state index contributed by atoms with van der Waals surface area (Å²) in [5, 5.41) is 26.6. The summed E-state index contributed by atoms with van der Waals surface area (Å²) >= 11 is 0. The van der Waals surface area contributed by atoms with E-state index in [2.05, 4.69) is 41.1 Å². The molecule has 1 aliphatic heterocycles. The molecular formula is C20H22N4O4. The number of nitro benzene ring substituents is 1. The van der Waals surface area contributed by atoms with E-state index in [1.807, 2.05) is 19.2 Å². The molecule has 1 heterocycles. The lowest BCUT2D eigenvalue weighted by Crippen LogP contribution is -2.22. The molecule has 1 aliphatic rings. The Hall–Kier alpha value is -3.55. The molecule has 2 aromatic rings. The van der Waals surface area contributed by atoms with E-state index in [9.17, 15) is 10.1 Å². The lowest BCUT2D eigenvalue weighted by molar-refractivity contribution is -0.384. The molecule has 28 heavy (non-hydrogen) atoms. The summed E-state index contributed by atoms with van der Waals surface area (Å²) in [6.07, 6.45) is 1.68. The molecule has 2 aromatic carbocycles. The van der Waals surface area contributed by atoms with Gasteiger partial charge in [-0.05, 0) is 17.7 Å². The van der Waals surface area contributed by atoms with Gasteiger partial charge < -0.3 is 10.0 Å². The summed E-state index contributed by atoms with van der Waals surface area (Å²) < 4.78 is 0. The number of likely N-dealkylation sites (N-methyl/N-ethyl adjacent to an activating group) is 1. The van der Waals surface area contributed by atoms with Gasteiger partial charge in [-0.2, -0.15) is 5.11 Å². The van der Waals surface area contributed by atoms with E-state index in [0.29, 0.717) is 0 Å². The lowest BCUT2D eigenvalue weighted by atomic mass is 9.84. The van der Waals surface area contributed by atoms with Gasteiger partial charge >= 0.3 is 0 Å². The lowest BCUT2D eigenvalue weighted by Gasteiger charge is -2.22. The number of rotatable bonds is 3. The first-order valence-electron chi connectivity index (χ1n) is 8.54. The third-order valence-electron chi connectivity index (χ3n) is 4.36. The predicted molar refractivity (Wildman–Crippen MR) is 107 cm³/mol. The topological polar surface area (TPSA) is 108 Å². The largest absolute Gasteiger partial charge is 0.481 e. The highest BCUT2D eigenvalue weighted by Gasteiger charge is 2.38. The number of nitro groups is 1. The number of carbonyl (C=O) groups is 1. The van der Waals surface area contributed by atoms with Crippen LogP contribution in [0.3, 0.4) is 0 Å². The fourth-order valence-electron chi connectivity index (χ4n) is 3.08. The Labute approximate surface area is 163 Å². The molecule has 0 saturated carbocycles. The minimum Gasteiger partial charge on any atom is -0.481 e. The van der Waals surface area contributed by atoms with Crippen LogP contribution in [0.15, 0.2) is 70.7 Å². The number of nitrogens with zero attached hydrogens (tertiary/aromatic N) is 4.